The van der Waals surface area contributed by atoms with Crippen molar-refractivity contribution in [2.75, 3.05) is 16.2 Å². The first-order valence-electron chi connectivity index (χ1n) is 10.1. The Morgan fingerprint density at radius 1 is 1.03 bits per heavy atom. The Morgan fingerprint density at radius 3 is 2.52 bits per heavy atom. The molecule has 1 N–H and O–H groups in total. The molecule has 0 atom stereocenters. The molecule has 0 unspecified atom stereocenters. The van der Waals surface area contributed by atoms with E-state index in [0.717, 1.165) is 22.4 Å². The zero-order valence-corrected chi connectivity index (χ0v) is 18.9. The van der Waals surface area contributed by atoms with Crippen LogP contribution in [0.5, 0.6) is 0 Å². The summed E-state index contributed by atoms with van der Waals surface area (Å²) >= 11 is 5.91. The lowest BCUT2D eigenvalue weighted by molar-refractivity contribution is 0.102. The average molecular weight is 455 g/mol. The Hall–Kier alpha value is -2.83. The second kappa shape index (κ2) is 8.36. The number of hydrogen-bond acceptors (Lipinski definition) is 3. The third kappa shape index (κ3) is 4.18. The highest BCUT2D eigenvalue weighted by Crippen LogP contribution is 2.33. The lowest BCUT2D eigenvalue weighted by atomic mass is 10.0. The molecule has 0 fully saturated rings. The smallest absolute Gasteiger partial charge is 0.264 e. The van der Waals surface area contributed by atoms with Crippen LogP contribution in [0, 0.1) is 13.8 Å². The van der Waals surface area contributed by atoms with Gasteiger partial charge >= 0.3 is 0 Å². The molecule has 1 amide bonds. The summed E-state index contributed by atoms with van der Waals surface area (Å²) in [5.41, 5.74) is 4.86. The maximum absolute atomic E-state index is 13.2. The fraction of sp³-hybridized carbons (Fsp3) is 0.208. The highest BCUT2D eigenvalue weighted by Gasteiger charge is 2.29. The number of sulfonamides is 1. The van der Waals surface area contributed by atoms with E-state index in [9.17, 15) is 13.2 Å². The topological polar surface area (TPSA) is 66.5 Å². The number of rotatable bonds is 4. The quantitative estimate of drug-likeness (QED) is 0.577. The van der Waals surface area contributed by atoms with Gasteiger partial charge in [-0.2, -0.15) is 0 Å². The number of carbonyl (C=O) groups is 1. The number of fused-ring (bicyclic) bond motifs is 1. The second-order valence-corrected chi connectivity index (χ2v) is 9.98. The van der Waals surface area contributed by atoms with Crippen molar-refractivity contribution in [3.8, 4) is 0 Å². The van der Waals surface area contributed by atoms with Gasteiger partial charge in [0.05, 0.1) is 10.6 Å². The van der Waals surface area contributed by atoms with Gasteiger partial charge in [0.25, 0.3) is 15.9 Å². The molecule has 1 aliphatic rings. The van der Waals surface area contributed by atoms with Crippen LogP contribution < -0.4 is 9.62 Å². The third-order valence-corrected chi connectivity index (χ3v) is 7.75. The van der Waals surface area contributed by atoms with Crippen molar-refractivity contribution in [2.24, 2.45) is 0 Å². The van der Waals surface area contributed by atoms with E-state index in [1.165, 1.54) is 16.4 Å². The lowest BCUT2D eigenvalue weighted by Gasteiger charge is -2.30. The number of benzene rings is 3. The van der Waals surface area contributed by atoms with E-state index >= 15 is 0 Å². The highest BCUT2D eigenvalue weighted by molar-refractivity contribution is 7.92. The predicted octanol–water partition coefficient (Wildman–Crippen LogP) is 5.35. The number of nitrogens with one attached hydrogen (secondary N) is 1. The van der Waals surface area contributed by atoms with Crippen molar-refractivity contribution >= 4 is 38.9 Å². The van der Waals surface area contributed by atoms with Gasteiger partial charge in [-0.25, -0.2) is 8.42 Å². The standard InChI is InChI=1S/C24H23ClN2O3S/c1-16-5-3-7-22(17(16)2)26-24(28)19-8-13-23-18(15-19)6-4-14-27(23)31(29,30)21-11-9-20(25)10-12-21/h3,5,7-13,15H,4,6,14H2,1-2H3,(H,26,28). The van der Waals surface area contributed by atoms with Crippen molar-refractivity contribution < 1.29 is 13.2 Å². The molecule has 0 bridgehead atoms. The van der Waals surface area contributed by atoms with Gasteiger partial charge in [0.1, 0.15) is 0 Å². The summed E-state index contributed by atoms with van der Waals surface area (Å²) in [6.07, 6.45) is 1.40. The molecule has 1 heterocycles. The maximum Gasteiger partial charge on any atom is 0.264 e. The molecule has 31 heavy (non-hydrogen) atoms. The average Bonchev–Trinajstić information content (AvgIpc) is 2.76. The molecule has 7 heteroatoms. The number of aryl methyl sites for hydroxylation is 2. The van der Waals surface area contributed by atoms with Crippen LogP contribution in [-0.2, 0) is 16.4 Å². The molecule has 3 aromatic carbocycles. The van der Waals surface area contributed by atoms with E-state index in [2.05, 4.69) is 5.32 Å². The molecule has 5 nitrogen and oxygen atoms in total. The summed E-state index contributed by atoms with van der Waals surface area (Å²) in [7, 11) is -3.71. The molecule has 0 radical (unpaired) electrons. The van der Waals surface area contributed by atoms with Gasteiger partial charge in [-0.05, 0) is 91.9 Å². The summed E-state index contributed by atoms with van der Waals surface area (Å²) in [6.45, 7) is 4.36. The van der Waals surface area contributed by atoms with E-state index in [1.54, 1.807) is 30.3 Å². The van der Waals surface area contributed by atoms with Crippen molar-refractivity contribution in [1.29, 1.82) is 0 Å². The predicted molar refractivity (Wildman–Crippen MR) is 125 cm³/mol. The van der Waals surface area contributed by atoms with Crippen molar-refractivity contribution in [3.05, 3.63) is 87.9 Å². The van der Waals surface area contributed by atoms with E-state index in [4.69, 9.17) is 11.6 Å². The minimum Gasteiger partial charge on any atom is -0.322 e. The summed E-state index contributed by atoms with van der Waals surface area (Å²) < 4.78 is 27.8. The summed E-state index contributed by atoms with van der Waals surface area (Å²) in [5, 5.41) is 3.45. The maximum atomic E-state index is 13.2. The molecule has 0 saturated carbocycles. The summed E-state index contributed by atoms with van der Waals surface area (Å²) in [5.74, 6) is -0.214. The van der Waals surface area contributed by atoms with Crippen LogP contribution in [0.1, 0.15) is 33.5 Å². The van der Waals surface area contributed by atoms with Gasteiger partial charge in [0.15, 0.2) is 0 Å². The van der Waals surface area contributed by atoms with Crippen molar-refractivity contribution in [1.82, 2.24) is 0 Å². The van der Waals surface area contributed by atoms with E-state index in [0.29, 0.717) is 35.7 Å². The fourth-order valence-corrected chi connectivity index (χ4v) is 5.44. The van der Waals surface area contributed by atoms with Crippen LogP contribution >= 0.6 is 11.6 Å². The first-order chi connectivity index (χ1) is 14.8. The highest BCUT2D eigenvalue weighted by atomic mass is 35.5. The number of nitrogens with zero attached hydrogens (tertiary/aromatic N) is 1. The Balaban J connectivity index is 1.63. The molecular formula is C24H23ClN2O3S. The minimum absolute atomic E-state index is 0.196. The van der Waals surface area contributed by atoms with Crippen molar-refractivity contribution in [2.45, 2.75) is 31.6 Å². The molecule has 1 aliphatic heterocycles. The number of amides is 1. The summed E-state index contributed by atoms with van der Waals surface area (Å²) in [4.78, 5) is 13.0. The molecular weight excluding hydrogens is 432 g/mol. The molecule has 0 spiro atoms. The van der Waals surface area contributed by atoms with Crippen LogP contribution in [0.15, 0.2) is 65.6 Å². The summed E-state index contributed by atoms with van der Waals surface area (Å²) in [6, 6.07) is 17.1. The molecule has 0 saturated heterocycles. The van der Waals surface area contributed by atoms with Gasteiger partial charge in [-0.15, -0.1) is 0 Å². The van der Waals surface area contributed by atoms with Crippen molar-refractivity contribution in [3.63, 3.8) is 0 Å². The molecule has 0 aromatic heterocycles. The Bertz CT molecular complexity index is 1250. The zero-order valence-electron chi connectivity index (χ0n) is 17.4. The van der Waals surface area contributed by atoms with Crippen LogP contribution in [-0.4, -0.2) is 20.9 Å². The van der Waals surface area contributed by atoms with E-state index in [-0.39, 0.29) is 10.8 Å². The first kappa shape index (κ1) is 21.4. The molecule has 4 rings (SSSR count). The van der Waals surface area contributed by atoms with Crippen LogP contribution in [0.3, 0.4) is 0 Å². The second-order valence-electron chi connectivity index (χ2n) is 7.68. The van der Waals surface area contributed by atoms with Crippen LogP contribution in [0.2, 0.25) is 5.02 Å². The largest absolute Gasteiger partial charge is 0.322 e. The monoisotopic (exact) mass is 454 g/mol. The first-order valence-corrected chi connectivity index (χ1v) is 11.9. The Morgan fingerprint density at radius 2 is 1.77 bits per heavy atom. The molecule has 160 valence electrons. The normalized spacial score (nSPS) is 13.6. The lowest BCUT2D eigenvalue weighted by Crippen LogP contribution is -2.35. The number of halogens is 1. The SMILES string of the molecule is Cc1cccc(NC(=O)c2ccc3c(c2)CCCN3S(=O)(=O)c2ccc(Cl)cc2)c1C. The number of carbonyl (C=O) groups excluding carboxylic acids is 1. The number of anilines is 2. The Kier molecular flexibility index (Phi) is 5.77. The molecule has 3 aromatic rings. The van der Waals surface area contributed by atoms with Gasteiger partial charge in [-0.1, -0.05) is 23.7 Å². The van der Waals surface area contributed by atoms with Gasteiger partial charge in [-0.3, -0.25) is 9.10 Å². The minimum atomic E-state index is -3.71. The van der Waals surface area contributed by atoms with E-state index < -0.39 is 10.0 Å². The van der Waals surface area contributed by atoms with Gasteiger partial charge in [0, 0.05) is 22.8 Å². The molecule has 0 aliphatic carbocycles. The van der Waals surface area contributed by atoms with Gasteiger partial charge < -0.3 is 5.32 Å². The van der Waals surface area contributed by atoms with Gasteiger partial charge in [0.2, 0.25) is 0 Å². The van der Waals surface area contributed by atoms with Crippen LogP contribution in [0.25, 0.3) is 0 Å². The van der Waals surface area contributed by atoms with E-state index in [1.807, 2.05) is 32.0 Å². The number of hydrogen-bond donors (Lipinski definition) is 1. The fourth-order valence-electron chi connectivity index (χ4n) is 3.77. The third-order valence-electron chi connectivity index (χ3n) is 5.67. The zero-order chi connectivity index (χ0) is 22.2. The van der Waals surface area contributed by atoms with Crippen LogP contribution in [0.4, 0.5) is 11.4 Å². The Labute approximate surface area is 187 Å².